The van der Waals surface area contributed by atoms with Gasteiger partial charge in [0.2, 0.25) is 0 Å². The van der Waals surface area contributed by atoms with Crippen molar-refractivity contribution in [1.82, 2.24) is 0 Å². The van der Waals surface area contributed by atoms with Crippen molar-refractivity contribution in [1.29, 1.82) is 5.41 Å². The lowest BCUT2D eigenvalue weighted by Gasteiger charge is -1.82. The minimum atomic E-state index is 0.595. The van der Waals surface area contributed by atoms with Crippen molar-refractivity contribution in [3.05, 3.63) is 11.6 Å². The molecular weight excluding hydrogens is 201 g/mol. The first-order valence-electron chi connectivity index (χ1n) is 2.02. The minimum Gasteiger partial charge on any atom is -0.294 e. The van der Waals surface area contributed by atoms with E-state index in [1.807, 2.05) is 42.5 Å². The molecular formula is C5H8IN. The van der Waals surface area contributed by atoms with Gasteiger partial charge in [-0.05, 0) is 42.5 Å². The van der Waals surface area contributed by atoms with Crippen molar-refractivity contribution < 1.29 is 0 Å². The van der Waals surface area contributed by atoms with Crippen LogP contribution in [0.5, 0.6) is 0 Å². The smallest absolute Gasteiger partial charge is 0.0919 e. The number of nitrogens with one attached hydrogen (secondary N) is 1. The van der Waals surface area contributed by atoms with E-state index in [-0.39, 0.29) is 0 Å². The van der Waals surface area contributed by atoms with Gasteiger partial charge < -0.3 is 0 Å². The predicted octanol–water partition coefficient (Wildman–Crippen LogP) is 2.36. The van der Waals surface area contributed by atoms with Gasteiger partial charge in [0.25, 0.3) is 0 Å². The molecule has 40 valence electrons. The lowest BCUT2D eigenvalue weighted by atomic mass is 10.3. The fraction of sp³-hybridized carbons (Fsp3) is 0.400. The zero-order valence-corrected chi connectivity index (χ0v) is 6.61. The highest BCUT2D eigenvalue weighted by molar-refractivity contribution is 14.1. The third-order valence-electron chi connectivity index (χ3n) is 0.415. The van der Waals surface area contributed by atoms with Crippen molar-refractivity contribution in [2.24, 2.45) is 0 Å². The molecule has 0 aromatic rings. The van der Waals surface area contributed by atoms with Crippen LogP contribution in [0.25, 0.3) is 0 Å². The van der Waals surface area contributed by atoms with E-state index in [1.165, 1.54) is 5.57 Å². The van der Waals surface area contributed by atoms with Crippen LogP contribution in [0.2, 0.25) is 0 Å². The first kappa shape index (κ1) is 7.14. The summed E-state index contributed by atoms with van der Waals surface area (Å²) in [6.07, 6.45) is 1.82. The van der Waals surface area contributed by atoms with Gasteiger partial charge in [-0.25, -0.2) is 0 Å². The highest BCUT2D eigenvalue weighted by Gasteiger charge is 1.78. The molecule has 0 aliphatic heterocycles. The first-order chi connectivity index (χ1) is 3.13. The van der Waals surface area contributed by atoms with Crippen LogP contribution in [-0.2, 0) is 0 Å². The maximum absolute atomic E-state index is 6.94. The van der Waals surface area contributed by atoms with Crippen molar-refractivity contribution in [3.63, 3.8) is 0 Å². The third kappa shape index (κ3) is 6.14. The lowest BCUT2D eigenvalue weighted by Crippen LogP contribution is -1.73. The lowest BCUT2D eigenvalue weighted by molar-refractivity contribution is 1.40. The quantitative estimate of drug-likeness (QED) is 0.506. The van der Waals surface area contributed by atoms with E-state index < -0.39 is 0 Å². The summed E-state index contributed by atoms with van der Waals surface area (Å²) in [5.41, 5.74) is 1.18. The molecule has 7 heavy (non-hydrogen) atoms. The largest absolute Gasteiger partial charge is 0.294 e. The Labute approximate surface area is 57.5 Å². The molecule has 0 amide bonds. The average Bonchev–Trinajstić information content (AvgIpc) is 1.27. The normalized spacial score (nSPS) is 7.86. The van der Waals surface area contributed by atoms with Crippen LogP contribution in [0.1, 0.15) is 13.8 Å². The Bertz CT molecular complexity index is 101. The van der Waals surface area contributed by atoms with Gasteiger partial charge in [0.1, 0.15) is 0 Å². The molecule has 0 aliphatic rings. The molecule has 0 aliphatic carbocycles. The topological polar surface area (TPSA) is 23.9 Å². The Hall–Kier alpha value is 0.140. The van der Waals surface area contributed by atoms with Gasteiger partial charge in [0.15, 0.2) is 0 Å². The number of halogens is 1. The molecule has 2 heteroatoms. The monoisotopic (exact) mass is 209 g/mol. The zero-order valence-electron chi connectivity index (χ0n) is 4.46. The van der Waals surface area contributed by atoms with Gasteiger partial charge in [0, 0.05) is 0 Å². The predicted molar refractivity (Wildman–Crippen MR) is 41.2 cm³/mol. The maximum Gasteiger partial charge on any atom is 0.0919 e. The van der Waals surface area contributed by atoms with Crippen molar-refractivity contribution in [2.75, 3.05) is 0 Å². The minimum absolute atomic E-state index is 0.595. The third-order valence-corrected chi connectivity index (χ3v) is 0.727. The number of hydrogen-bond donors (Lipinski definition) is 1. The molecule has 0 heterocycles. The highest BCUT2D eigenvalue weighted by Crippen LogP contribution is 1.94. The van der Waals surface area contributed by atoms with Crippen molar-refractivity contribution in [2.45, 2.75) is 13.8 Å². The molecule has 0 radical (unpaired) electrons. The van der Waals surface area contributed by atoms with Gasteiger partial charge in [-0.15, -0.1) is 0 Å². The van der Waals surface area contributed by atoms with Crippen LogP contribution >= 0.6 is 22.6 Å². The van der Waals surface area contributed by atoms with Crippen LogP contribution in [0.3, 0.4) is 0 Å². The summed E-state index contributed by atoms with van der Waals surface area (Å²) >= 11 is 1.96. The van der Waals surface area contributed by atoms with Gasteiger partial charge in [-0.2, -0.15) is 0 Å². The molecule has 0 spiro atoms. The van der Waals surface area contributed by atoms with Crippen LogP contribution < -0.4 is 0 Å². The second-order valence-corrected chi connectivity index (χ2v) is 2.73. The first-order valence-corrected chi connectivity index (χ1v) is 3.10. The molecule has 0 aromatic heterocycles. The average molecular weight is 209 g/mol. The summed E-state index contributed by atoms with van der Waals surface area (Å²) in [5.74, 6) is 0. The van der Waals surface area contributed by atoms with E-state index in [9.17, 15) is 0 Å². The Morgan fingerprint density at radius 3 is 2.00 bits per heavy atom. The van der Waals surface area contributed by atoms with Gasteiger partial charge in [-0.3, -0.25) is 5.41 Å². The van der Waals surface area contributed by atoms with Gasteiger partial charge in [-0.1, -0.05) is 5.57 Å². The van der Waals surface area contributed by atoms with Crippen LogP contribution in [0, 0.1) is 5.41 Å². The molecule has 0 atom stereocenters. The molecule has 1 nitrogen and oxygen atoms in total. The molecule has 0 saturated carbocycles. The number of allylic oxidation sites excluding steroid dienone is 2. The summed E-state index contributed by atoms with van der Waals surface area (Å²) in [7, 11) is 0. The van der Waals surface area contributed by atoms with Crippen LogP contribution in [-0.4, -0.2) is 3.72 Å². The zero-order chi connectivity index (χ0) is 5.86. The van der Waals surface area contributed by atoms with Gasteiger partial charge >= 0.3 is 0 Å². The van der Waals surface area contributed by atoms with E-state index >= 15 is 0 Å². The molecule has 0 unspecified atom stereocenters. The Kier molecular flexibility index (Phi) is 3.25. The van der Waals surface area contributed by atoms with Crippen LogP contribution in [0.4, 0.5) is 0 Å². The summed E-state index contributed by atoms with van der Waals surface area (Å²) < 4.78 is 0.595. The second-order valence-electron chi connectivity index (χ2n) is 1.57. The fourth-order valence-corrected chi connectivity index (χ4v) is 0.876. The van der Waals surface area contributed by atoms with E-state index in [0.717, 1.165) is 0 Å². The van der Waals surface area contributed by atoms with E-state index in [0.29, 0.717) is 3.72 Å². The van der Waals surface area contributed by atoms with E-state index in [2.05, 4.69) is 0 Å². The SMILES string of the molecule is CC(C)=CC(=N)I. The van der Waals surface area contributed by atoms with Crippen molar-refractivity contribution >= 4 is 26.3 Å². The molecule has 1 N–H and O–H groups in total. The number of hydrogen-bond acceptors (Lipinski definition) is 1. The molecule has 0 fully saturated rings. The van der Waals surface area contributed by atoms with E-state index in [4.69, 9.17) is 5.41 Å². The van der Waals surface area contributed by atoms with Crippen molar-refractivity contribution in [3.8, 4) is 0 Å². The maximum atomic E-state index is 6.94. The summed E-state index contributed by atoms with van der Waals surface area (Å²) in [4.78, 5) is 0. The summed E-state index contributed by atoms with van der Waals surface area (Å²) in [5, 5.41) is 6.94. The molecule has 0 aromatic carbocycles. The molecule has 0 bridgehead atoms. The second kappa shape index (κ2) is 3.18. The molecule has 0 saturated heterocycles. The van der Waals surface area contributed by atoms with Crippen LogP contribution in [0.15, 0.2) is 11.6 Å². The molecule has 0 rings (SSSR count). The van der Waals surface area contributed by atoms with E-state index in [1.54, 1.807) is 0 Å². The summed E-state index contributed by atoms with van der Waals surface area (Å²) in [6.45, 7) is 3.96. The van der Waals surface area contributed by atoms with Gasteiger partial charge in [0.05, 0.1) is 3.72 Å². The fourth-order valence-electron chi connectivity index (χ4n) is 0.253. The number of rotatable bonds is 1. The summed E-state index contributed by atoms with van der Waals surface area (Å²) in [6, 6.07) is 0. The Balaban J connectivity index is 3.68. The Morgan fingerprint density at radius 2 is 2.00 bits per heavy atom. The highest BCUT2D eigenvalue weighted by atomic mass is 127. The Morgan fingerprint density at radius 1 is 1.57 bits per heavy atom. The standard InChI is InChI=1S/C5H8IN/c1-4(2)3-5(6)7/h3,7H,1-2H3.